The minimum atomic E-state index is -0.951. The van der Waals surface area contributed by atoms with E-state index in [4.69, 9.17) is 10.8 Å². The molecule has 0 saturated heterocycles. The van der Waals surface area contributed by atoms with Gasteiger partial charge in [-0.15, -0.1) is 0 Å². The smallest absolute Gasteiger partial charge is 0.167 e. The summed E-state index contributed by atoms with van der Waals surface area (Å²) >= 11 is 0. The van der Waals surface area contributed by atoms with Crippen LogP contribution in [-0.2, 0) is 6.42 Å². The molecule has 2 nitrogen and oxygen atoms in total. The van der Waals surface area contributed by atoms with Crippen LogP contribution in [0.3, 0.4) is 0 Å². The van der Waals surface area contributed by atoms with Gasteiger partial charge in [0.1, 0.15) is 5.82 Å². The van der Waals surface area contributed by atoms with Crippen LogP contribution in [0.4, 0.5) is 8.78 Å². The summed E-state index contributed by atoms with van der Waals surface area (Å²) in [6.45, 7) is 0.266. The van der Waals surface area contributed by atoms with E-state index in [1.165, 1.54) is 0 Å². The molecule has 4 heteroatoms. The maximum Gasteiger partial charge on any atom is 0.167 e. The standard InChI is InChI=1S/C8H9F2NO/c9-6-4-7(10)8(12)3-5(6)1-2-11/h3-4,12H,1-2,11H2. The minimum Gasteiger partial charge on any atom is -0.505 e. The molecule has 66 valence electrons. The first-order chi connectivity index (χ1) is 5.65. The van der Waals surface area contributed by atoms with Gasteiger partial charge in [-0.05, 0) is 24.6 Å². The SMILES string of the molecule is NCCc1cc(O)c(F)cc1F. The van der Waals surface area contributed by atoms with Gasteiger partial charge in [0.05, 0.1) is 0 Å². The van der Waals surface area contributed by atoms with Crippen LogP contribution in [0, 0.1) is 11.6 Å². The molecule has 0 bridgehead atoms. The van der Waals surface area contributed by atoms with Crippen molar-refractivity contribution in [1.82, 2.24) is 0 Å². The molecule has 0 aromatic heterocycles. The Morgan fingerprint density at radius 2 is 1.92 bits per heavy atom. The number of nitrogens with two attached hydrogens (primary N) is 1. The van der Waals surface area contributed by atoms with Crippen molar-refractivity contribution in [2.45, 2.75) is 6.42 Å². The molecule has 3 N–H and O–H groups in total. The summed E-state index contributed by atoms with van der Waals surface area (Å²) in [5.41, 5.74) is 5.41. The molecule has 0 radical (unpaired) electrons. The third-order valence-electron chi connectivity index (χ3n) is 1.53. The number of rotatable bonds is 2. The molecule has 0 amide bonds. The fraction of sp³-hybridized carbons (Fsp3) is 0.250. The van der Waals surface area contributed by atoms with E-state index in [9.17, 15) is 8.78 Å². The molecule has 1 rings (SSSR count). The van der Waals surface area contributed by atoms with Gasteiger partial charge in [0, 0.05) is 6.07 Å². The monoisotopic (exact) mass is 173 g/mol. The molecule has 1 aromatic rings. The number of halogens is 2. The molecular weight excluding hydrogens is 164 g/mol. The first-order valence-corrected chi connectivity index (χ1v) is 3.52. The Balaban J connectivity index is 3.05. The van der Waals surface area contributed by atoms with Crippen molar-refractivity contribution in [1.29, 1.82) is 0 Å². The predicted octanol–water partition coefficient (Wildman–Crippen LogP) is 1.17. The molecule has 0 aliphatic carbocycles. The van der Waals surface area contributed by atoms with Crippen molar-refractivity contribution in [2.24, 2.45) is 5.73 Å². The summed E-state index contributed by atoms with van der Waals surface area (Å²) in [6, 6.07) is 1.71. The van der Waals surface area contributed by atoms with Crippen molar-refractivity contribution >= 4 is 0 Å². The van der Waals surface area contributed by atoms with E-state index in [0.717, 1.165) is 6.07 Å². The van der Waals surface area contributed by atoms with Gasteiger partial charge in [0.25, 0.3) is 0 Å². The molecule has 0 atom stereocenters. The first-order valence-electron chi connectivity index (χ1n) is 3.52. The lowest BCUT2D eigenvalue weighted by Gasteiger charge is -2.02. The Morgan fingerprint density at radius 1 is 1.25 bits per heavy atom. The summed E-state index contributed by atoms with van der Waals surface area (Å²) < 4.78 is 25.3. The first kappa shape index (κ1) is 8.93. The van der Waals surface area contributed by atoms with Crippen molar-refractivity contribution in [2.75, 3.05) is 6.54 Å². The van der Waals surface area contributed by atoms with E-state index in [1.807, 2.05) is 0 Å². The summed E-state index contributed by atoms with van der Waals surface area (Å²) in [5.74, 6) is -2.16. The molecule has 0 aliphatic heterocycles. The Hall–Kier alpha value is -1.16. The lowest BCUT2D eigenvalue weighted by Crippen LogP contribution is -2.04. The molecule has 0 fully saturated rings. The quantitative estimate of drug-likeness (QED) is 0.705. The van der Waals surface area contributed by atoms with Crippen LogP contribution < -0.4 is 5.73 Å². The second kappa shape index (κ2) is 3.49. The van der Waals surface area contributed by atoms with Crippen LogP contribution in [0.5, 0.6) is 5.75 Å². The second-order valence-corrected chi connectivity index (χ2v) is 2.43. The highest BCUT2D eigenvalue weighted by atomic mass is 19.1. The summed E-state index contributed by atoms with van der Waals surface area (Å²) in [4.78, 5) is 0. The fourth-order valence-corrected chi connectivity index (χ4v) is 0.928. The molecule has 0 aliphatic rings. The Kier molecular flexibility index (Phi) is 2.60. The Labute approximate surface area is 68.6 Å². The highest BCUT2D eigenvalue weighted by molar-refractivity contribution is 5.30. The average molecular weight is 173 g/mol. The van der Waals surface area contributed by atoms with E-state index in [2.05, 4.69) is 0 Å². The maximum atomic E-state index is 12.8. The van der Waals surface area contributed by atoms with Gasteiger partial charge in [0.15, 0.2) is 11.6 Å². The molecule has 0 saturated carbocycles. The van der Waals surface area contributed by atoms with Gasteiger partial charge in [-0.25, -0.2) is 8.78 Å². The van der Waals surface area contributed by atoms with Gasteiger partial charge in [-0.2, -0.15) is 0 Å². The number of phenolic OH excluding ortho intramolecular Hbond substituents is 1. The molecule has 0 spiro atoms. The zero-order valence-corrected chi connectivity index (χ0v) is 6.35. The summed E-state index contributed by atoms with van der Waals surface area (Å²) in [5, 5.41) is 8.87. The van der Waals surface area contributed by atoms with Crippen LogP contribution in [-0.4, -0.2) is 11.7 Å². The average Bonchev–Trinajstić information content (AvgIpc) is 2.01. The normalized spacial score (nSPS) is 10.2. The van der Waals surface area contributed by atoms with Crippen molar-refractivity contribution < 1.29 is 13.9 Å². The predicted molar refractivity (Wildman–Crippen MR) is 40.8 cm³/mol. The van der Waals surface area contributed by atoms with Gasteiger partial charge in [0.2, 0.25) is 0 Å². The lowest BCUT2D eigenvalue weighted by molar-refractivity contribution is 0.426. The maximum absolute atomic E-state index is 12.8. The summed E-state index contributed by atoms with van der Waals surface area (Å²) in [6.07, 6.45) is 0.291. The van der Waals surface area contributed by atoms with Gasteiger partial charge < -0.3 is 10.8 Å². The second-order valence-electron chi connectivity index (χ2n) is 2.43. The van der Waals surface area contributed by atoms with Crippen LogP contribution in [0.25, 0.3) is 0 Å². The lowest BCUT2D eigenvalue weighted by atomic mass is 10.1. The van der Waals surface area contributed by atoms with Crippen LogP contribution >= 0.6 is 0 Å². The Morgan fingerprint density at radius 3 is 2.50 bits per heavy atom. The minimum absolute atomic E-state index is 0.233. The Bertz CT molecular complexity index is 289. The number of benzene rings is 1. The number of hydrogen-bond acceptors (Lipinski definition) is 2. The van der Waals surface area contributed by atoms with Crippen LogP contribution in [0.1, 0.15) is 5.56 Å². The van der Waals surface area contributed by atoms with E-state index in [0.29, 0.717) is 12.5 Å². The number of phenols is 1. The van der Waals surface area contributed by atoms with Gasteiger partial charge in [-0.1, -0.05) is 0 Å². The van der Waals surface area contributed by atoms with Crippen molar-refractivity contribution in [3.8, 4) is 5.75 Å². The van der Waals surface area contributed by atoms with Crippen LogP contribution in [0.2, 0.25) is 0 Å². The third-order valence-corrected chi connectivity index (χ3v) is 1.53. The number of hydrogen-bond donors (Lipinski definition) is 2. The van der Waals surface area contributed by atoms with E-state index < -0.39 is 17.4 Å². The van der Waals surface area contributed by atoms with Crippen LogP contribution in [0.15, 0.2) is 12.1 Å². The molecule has 0 heterocycles. The van der Waals surface area contributed by atoms with E-state index >= 15 is 0 Å². The highest BCUT2D eigenvalue weighted by Gasteiger charge is 2.07. The molecular formula is C8H9F2NO. The molecule has 12 heavy (non-hydrogen) atoms. The fourth-order valence-electron chi connectivity index (χ4n) is 0.928. The number of aromatic hydroxyl groups is 1. The largest absolute Gasteiger partial charge is 0.505 e. The van der Waals surface area contributed by atoms with E-state index in [-0.39, 0.29) is 12.1 Å². The van der Waals surface area contributed by atoms with Crippen molar-refractivity contribution in [3.63, 3.8) is 0 Å². The van der Waals surface area contributed by atoms with Crippen molar-refractivity contribution in [3.05, 3.63) is 29.3 Å². The zero-order chi connectivity index (χ0) is 9.14. The third kappa shape index (κ3) is 1.71. The topological polar surface area (TPSA) is 46.2 Å². The zero-order valence-electron chi connectivity index (χ0n) is 6.35. The summed E-state index contributed by atoms with van der Waals surface area (Å²) in [7, 11) is 0. The van der Waals surface area contributed by atoms with E-state index in [1.54, 1.807) is 0 Å². The molecule has 0 unspecified atom stereocenters. The van der Waals surface area contributed by atoms with Gasteiger partial charge >= 0.3 is 0 Å². The molecule has 1 aromatic carbocycles. The highest BCUT2D eigenvalue weighted by Crippen LogP contribution is 2.19. The van der Waals surface area contributed by atoms with Gasteiger partial charge in [-0.3, -0.25) is 0 Å².